The standard InChI is InChI=1S/C17H14BrNO/c1-10-6-7-12(11(2)8-10)16-14(9-20)13-4-3-5-15(18)17(13)19-16/h3-9,19H,1-2H3. The van der Waals surface area contributed by atoms with Crippen molar-refractivity contribution in [3.8, 4) is 11.3 Å². The first-order valence-corrected chi connectivity index (χ1v) is 7.24. The molecule has 1 aromatic heterocycles. The van der Waals surface area contributed by atoms with E-state index in [1.54, 1.807) is 0 Å². The fraction of sp³-hybridized carbons (Fsp3) is 0.118. The number of aromatic amines is 1. The van der Waals surface area contributed by atoms with Gasteiger partial charge in [0.25, 0.3) is 0 Å². The molecule has 0 spiro atoms. The number of nitrogens with one attached hydrogen (secondary N) is 1. The SMILES string of the molecule is Cc1ccc(-c2[nH]c3c(Br)cccc3c2C=O)c(C)c1. The Morgan fingerprint density at radius 1 is 1.15 bits per heavy atom. The molecule has 100 valence electrons. The summed E-state index contributed by atoms with van der Waals surface area (Å²) in [7, 11) is 0. The van der Waals surface area contributed by atoms with Gasteiger partial charge in [-0.2, -0.15) is 0 Å². The molecule has 0 radical (unpaired) electrons. The van der Waals surface area contributed by atoms with Gasteiger partial charge in [0.1, 0.15) is 0 Å². The van der Waals surface area contributed by atoms with Crippen LogP contribution in [0.2, 0.25) is 0 Å². The zero-order valence-corrected chi connectivity index (χ0v) is 12.9. The van der Waals surface area contributed by atoms with Crippen molar-refractivity contribution in [3.63, 3.8) is 0 Å². The molecular weight excluding hydrogens is 314 g/mol. The normalized spacial score (nSPS) is 10.9. The molecule has 0 aliphatic carbocycles. The molecule has 0 unspecified atom stereocenters. The number of aldehydes is 1. The number of para-hydroxylation sites is 1. The van der Waals surface area contributed by atoms with Crippen molar-refractivity contribution in [2.24, 2.45) is 0 Å². The highest BCUT2D eigenvalue weighted by Crippen LogP contribution is 2.34. The monoisotopic (exact) mass is 327 g/mol. The molecule has 0 saturated heterocycles. The van der Waals surface area contributed by atoms with Crippen LogP contribution in [0.25, 0.3) is 22.2 Å². The Balaban J connectivity index is 2.36. The second-order valence-electron chi connectivity index (χ2n) is 5.01. The second-order valence-corrected chi connectivity index (χ2v) is 5.87. The third-order valence-corrected chi connectivity index (χ3v) is 4.25. The fourth-order valence-electron chi connectivity index (χ4n) is 2.63. The number of carbonyl (C=O) groups excluding carboxylic acids is 1. The topological polar surface area (TPSA) is 32.9 Å². The van der Waals surface area contributed by atoms with Crippen LogP contribution in [0.15, 0.2) is 40.9 Å². The quantitative estimate of drug-likeness (QED) is 0.658. The molecule has 0 fully saturated rings. The van der Waals surface area contributed by atoms with Gasteiger partial charge in [-0.15, -0.1) is 0 Å². The van der Waals surface area contributed by atoms with Gasteiger partial charge in [0, 0.05) is 21.0 Å². The molecule has 3 heteroatoms. The van der Waals surface area contributed by atoms with Gasteiger partial charge >= 0.3 is 0 Å². The Morgan fingerprint density at radius 3 is 2.65 bits per heavy atom. The summed E-state index contributed by atoms with van der Waals surface area (Å²) >= 11 is 3.53. The lowest BCUT2D eigenvalue weighted by molar-refractivity contribution is 0.112. The van der Waals surface area contributed by atoms with E-state index in [9.17, 15) is 4.79 Å². The number of fused-ring (bicyclic) bond motifs is 1. The number of rotatable bonds is 2. The number of aromatic nitrogens is 1. The number of aryl methyl sites for hydroxylation is 2. The first-order chi connectivity index (χ1) is 9.61. The number of hydrogen-bond acceptors (Lipinski definition) is 1. The molecule has 0 aliphatic heterocycles. The summed E-state index contributed by atoms with van der Waals surface area (Å²) < 4.78 is 0.967. The highest BCUT2D eigenvalue weighted by Gasteiger charge is 2.15. The van der Waals surface area contributed by atoms with E-state index in [0.29, 0.717) is 5.56 Å². The lowest BCUT2D eigenvalue weighted by atomic mass is 10.00. The van der Waals surface area contributed by atoms with Gasteiger partial charge < -0.3 is 4.98 Å². The summed E-state index contributed by atoms with van der Waals surface area (Å²) in [6, 6.07) is 12.1. The first kappa shape index (κ1) is 13.1. The summed E-state index contributed by atoms with van der Waals surface area (Å²) in [5, 5.41) is 0.948. The Kier molecular flexibility index (Phi) is 3.22. The van der Waals surface area contributed by atoms with Crippen molar-refractivity contribution in [1.29, 1.82) is 0 Å². The Labute approximate surface area is 126 Å². The molecule has 1 N–H and O–H groups in total. The summed E-state index contributed by atoms with van der Waals surface area (Å²) in [6.07, 6.45) is 0.930. The van der Waals surface area contributed by atoms with Gasteiger partial charge in [-0.25, -0.2) is 0 Å². The van der Waals surface area contributed by atoms with Crippen LogP contribution >= 0.6 is 15.9 Å². The molecule has 0 saturated carbocycles. The summed E-state index contributed by atoms with van der Waals surface area (Å²) in [5.74, 6) is 0. The van der Waals surface area contributed by atoms with E-state index in [1.807, 2.05) is 18.2 Å². The minimum absolute atomic E-state index is 0.716. The highest BCUT2D eigenvalue weighted by molar-refractivity contribution is 9.10. The Morgan fingerprint density at radius 2 is 1.95 bits per heavy atom. The van der Waals surface area contributed by atoms with Crippen molar-refractivity contribution in [1.82, 2.24) is 4.98 Å². The van der Waals surface area contributed by atoms with Crippen molar-refractivity contribution in [2.75, 3.05) is 0 Å². The molecule has 3 rings (SSSR count). The van der Waals surface area contributed by atoms with Gasteiger partial charge in [0.15, 0.2) is 6.29 Å². The highest BCUT2D eigenvalue weighted by atomic mass is 79.9. The van der Waals surface area contributed by atoms with Crippen LogP contribution in [-0.2, 0) is 0 Å². The van der Waals surface area contributed by atoms with E-state index < -0.39 is 0 Å². The lowest BCUT2D eigenvalue weighted by Gasteiger charge is -2.06. The van der Waals surface area contributed by atoms with Crippen molar-refractivity contribution < 1.29 is 4.79 Å². The van der Waals surface area contributed by atoms with Crippen molar-refractivity contribution >= 4 is 33.1 Å². The number of H-pyrrole nitrogens is 1. The molecule has 2 aromatic carbocycles. The van der Waals surface area contributed by atoms with E-state index in [2.05, 4.69) is 53.0 Å². The van der Waals surface area contributed by atoms with Gasteiger partial charge in [0.05, 0.1) is 11.2 Å². The van der Waals surface area contributed by atoms with Gasteiger partial charge in [0.2, 0.25) is 0 Å². The van der Waals surface area contributed by atoms with Gasteiger partial charge in [-0.05, 0) is 41.4 Å². The number of benzene rings is 2. The lowest BCUT2D eigenvalue weighted by Crippen LogP contribution is -1.89. The molecule has 20 heavy (non-hydrogen) atoms. The van der Waals surface area contributed by atoms with Gasteiger partial charge in [-0.1, -0.05) is 35.9 Å². The summed E-state index contributed by atoms with van der Waals surface area (Å²) in [4.78, 5) is 14.9. The van der Waals surface area contributed by atoms with E-state index in [-0.39, 0.29) is 0 Å². The molecule has 0 atom stereocenters. The van der Waals surface area contributed by atoms with Crippen LogP contribution in [0.5, 0.6) is 0 Å². The minimum Gasteiger partial charge on any atom is -0.353 e. The van der Waals surface area contributed by atoms with Crippen molar-refractivity contribution in [2.45, 2.75) is 13.8 Å². The van der Waals surface area contributed by atoms with Gasteiger partial charge in [-0.3, -0.25) is 4.79 Å². The fourth-order valence-corrected chi connectivity index (χ4v) is 3.10. The van der Waals surface area contributed by atoms with Crippen LogP contribution < -0.4 is 0 Å². The number of carbonyl (C=O) groups is 1. The molecule has 3 aromatic rings. The third kappa shape index (κ3) is 1.98. The maximum atomic E-state index is 11.5. The van der Waals surface area contributed by atoms with E-state index in [4.69, 9.17) is 0 Å². The zero-order chi connectivity index (χ0) is 14.3. The van der Waals surface area contributed by atoms with E-state index >= 15 is 0 Å². The van der Waals surface area contributed by atoms with E-state index in [0.717, 1.165) is 38.5 Å². The number of hydrogen-bond donors (Lipinski definition) is 1. The average Bonchev–Trinajstić information content (AvgIpc) is 2.78. The Hall–Kier alpha value is -1.87. The predicted molar refractivity (Wildman–Crippen MR) is 86.3 cm³/mol. The van der Waals surface area contributed by atoms with Crippen molar-refractivity contribution in [3.05, 3.63) is 57.6 Å². The molecule has 0 bridgehead atoms. The third-order valence-electron chi connectivity index (χ3n) is 3.59. The molecule has 0 amide bonds. The predicted octanol–water partition coefficient (Wildman–Crippen LogP) is 5.03. The minimum atomic E-state index is 0.716. The van der Waals surface area contributed by atoms with Crippen LogP contribution in [0.4, 0.5) is 0 Å². The maximum absolute atomic E-state index is 11.5. The van der Waals surface area contributed by atoms with Crippen LogP contribution in [0.3, 0.4) is 0 Å². The number of halogens is 1. The molecule has 2 nitrogen and oxygen atoms in total. The second kappa shape index (κ2) is 4.91. The Bertz CT molecular complexity index is 817. The first-order valence-electron chi connectivity index (χ1n) is 6.45. The van der Waals surface area contributed by atoms with Crippen LogP contribution in [0, 0.1) is 13.8 Å². The molecule has 0 aliphatic rings. The average molecular weight is 328 g/mol. The summed E-state index contributed by atoms with van der Waals surface area (Å²) in [5.41, 5.74) is 6.02. The smallest absolute Gasteiger partial charge is 0.152 e. The van der Waals surface area contributed by atoms with Crippen LogP contribution in [-0.4, -0.2) is 11.3 Å². The molecule has 1 heterocycles. The largest absolute Gasteiger partial charge is 0.353 e. The maximum Gasteiger partial charge on any atom is 0.152 e. The molecular formula is C17H14BrNO. The van der Waals surface area contributed by atoms with Crippen LogP contribution in [0.1, 0.15) is 21.5 Å². The zero-order valence-electron chi connectivity index (χ0n) is 11.3. The summed E-state index contributed by atoms with van der Waals surface area (Å²) in [6.45, 7) is 4.14. The van der Waals surface area contributed by atoms with E-state index in [1.165, 1.54) is 5.56 Å².